The number of hydrogen-bond donors (Lipinski definition) is 1. The van der Waals surface area contributed by atoms with Gasteiger partial charge in [0.15, 0.2) is 0 Å². The van der Waals surface area contributed by atoms with Gasteiger partial charge in [0.25, 0.3) is 0 Å². The molecular formula is C14H20N2O2. The molecule has 0 aromatic heterocycles. The van der Waals surface area contributed by atoms with Crippen molar-refractivity contribution in [2.24, 2.45) is 5.73 Å². The Balaban J connectivity index is 2.17. The number of amides is 1. The highest BCUT2D eigenvalue weighted by Crippen LogP contribution is 2.24. The number of carbonyl (C=O) groups is 1. The van der Waals surface area contributed by atoms with Crippen molar-refractivity contribution in [2.75, 3.05) is 19.8 Å². The summed E-state index contributed by atoms with van der Waals surface area (Å²) in [5.74, 6) is -0.311. The predicted molar refractivity (Wildman–Crippen MR) is 70.1 cm³/mol. The zero-order valence-electron chi connectivity index (χ0n) is 10.9. The number of ether oxygens (including phenoxy) is 1. The van der Waals surface area contributed by atoms with Crippen LogP contribution in [0.3, 0.4) is 0 Å². The highest BCUT2D eigenvalue weighted by atomic mass is 16.5. The molecule has 1 fully saturated rings. The average molecular weight is 248 g/mol. The number of hydrogen-bond acceptors (Lipinski definition) is 3. The molecule has 1 aliphatic heterocycles. The molecule has 0 aliphatic carbocycles. The van der Waals surface area contributed by atoms with Crippen LogP contribution in [-0.2, 0) is 9.53 Å². The lowest BCUT2D eigenvalue weighted by Crippen LogP contribution is -2.53. The molecule has 0 spiro atoms. The van der Waals surface area contributed by atoms with E-state index in [1.54, 1.807) is 0 Å². The van der Waals surface area contributed by atoms with E-state index >= 15 is 0 Å². The lowest BCUT2D eigenvalue weighted by molar-refractivity contribution is -0.131. The van der Waals surface area contributed by atoms with Crippen LogP contribution in [-0.4, -0.2) is 36.6 Å². The van der Waals surface area contributed by atoms with Crippen molar-refractivity contribution < 1.29 is 9.53 Å². The summed E-state index contributed by atoms with van der Waals surface area (Å²) in [6.45, 7) is 5.95. The molecule has 98 valence electrons. The van der Waals surface area contributed by atoms with E-state index in [1.165, 1.54) is 11.1 Å². The molecule has 18 heavy (non-hydrogen) atoms. The van der Waals surface area contributed by atoms with Crippen LogP contribution in [0, 0.1) is 6.92 Å². The molecule has 1 unspecified atom stereocenters. The standard InChI is InChI=1S/C14H20N2O2/c1-10-3-5-12(6-4-10)11(2)16-7-8-18-9-13(16)14(15)17/h3-6,11,13H,7-9H2,1-2H3,(H2,15,17)/t11-,13?/m0/s1. The van der Waals surface area contributed by atoms with Crippen LogP contribution in [0.1, 0.15) is 24.1 Å². The Labute approximate surface area is 108 Å². The Kier molecular flexibility index (Phi) is 3.99. The number of nitrogens with zero attached hydrogens (tertiary/aromatic N) is 1. The van der Waals surface area contributed by atoms with Gasteiger partial charge in [-0.15, -0.1) is 0 Å². The summed E-state index contributed by atoms with van der Waals surface area (Å²) in [5, 5.41) is 0. The van der Waals surface area contributed by atoms with Gasteiger partial charge < -0.3 is 10.5 Å². The first-order chi connectivity index (χ1) is 8.59. The zero-order valence-corrected chi connectivity index (χ0v) is 10.9. The van der Waals surface area contributed by atoms with Crippen molar-refractivity contribution in [1.82, 2.24) is 4.90 Å². The maximum Gasteiger partial charge on any atom is 0.237 e. The largest absolute Gasteiger partial charge is 0.378 e. The maximum atomic E-state index is 11.5. The topological polar surface area (TPSA) is 55.6 Å². The highest BCUT2D eigenvalue weighted by molar-refractivity contribution is 5.80. The number of carbonyl (C=O) groups excluding carboxylic acids is 1. The number of rotatable bonds is 3. The second kappa shape index (κ2) is 5.50. The van der Waals surface area contributed by atoms with Crippen LogP contribution < -0.4 is 5.73 Å². The van der Waals surface area contributed by atoms with Gasteiger partial charge in [-0.1, -0.05) is 29.8 Å². The summed E-state index contributed by atoms with van der Waals surface area (Å²) in [7, 11) is 0. The van der Waals surface area contributed by atoms with E-state index in [0.29, 0.717) is 13.2 Å². The van der Waals surface area contributed by atoms with E-state index in [2.05, 4.69) is 43.0 Å². The Morgan fingerprint density at radius 1 is 1.44 bits per heavy atom. The fourth-order valence-electron chi connectivity index (χ4n) is 2.36. The van der Waals surface area contributed by atoms with Gasteiger partial charge >= 0.3 is 0 Å². The molecule has 4 heteroatoms. The van der Waals surface area contributed by atoms with E-state index < -0.39 is 0 Å². The second-order valence-corrected chi connectivity index (χ2v) is 4.82. The third-order valence-corrected chi connectivity index (χ3v) is 3.56. The molecule has 1 amide bonds. The first-order valence-corrected chi connectivity index (χ1v) is 6.29. The van der Waals surface area contributed by atoms with Gasteiger partial charge in [-0.2, -0.15) is 0 Å². The van der Waals surface area contributed by atoms with Crippen LogP contribution in [0.5, 0.6) is 0 Å². The fourth-order valence-corrected chi connectivity index (χ4v) is 2.36. The summed E-state index contributed by atoms with van der Waals surface area (Å²) < 4.78 is 5.34. The first-order valence-electron chi connectivity index (χ1n) is 6.29. The monoisotopic (exact) mass is 248 g/mol. The summed E-state index contributed by atoms with van der Waals surface area (Å²) in [6, 6.07) is 8.24. The van der Waals surface area contributed by atoms with Crippen molar-refractivity contribution in [1.29, 1.82) is 0 Å². The number of morpholine rings is 1. The van der Waals surface area contributed by atoms with Crippen molar-refractivity contribution >= 4 is 5.91 Å². The summed E-state index contributed by atoms with van der Waals surface area (Å²) in [5.41, 5.74) is 7.88. The second-order valence-electron chi connectivity index (χ2n) is 4.82. The minimum Gasteiger partial charge on any atom is -0.378 e. The van der Waals surface area contributed by atoms with Gasteiger partial charge in [-0.3, -0.25) is 9.69 Å². The molecule has 0 saturated carbocycles. The van der Waals surface area contributed by atoms with Gasteiger partial charge in [0.05, 0.1) is 13.2 Å². The lowest BCUT2D eigenvalue weighted by Gasteiger charge is -2.38. The van der Waals surface area contributed by atoms with Crippen LogP contribution in [0.2, 0.25) is 0 Å². The summed E-state index contributed by atoms with van der Waals surface area (Å²) in [4.78, 5) is 13.6. The molecule has 1 saturated heterocycles. The van der Waals surface area contributed by atoms with Crippen LogP contribution in [0.15, 0.2) is 24.3 Å². The average Bonchev–Trinajstić information content (AvgIpc) is 2.39. The van der Waals surface area contributed by atoms with Gasteiger partial charge in [0.2, 0.25) is 5.91 Å². The van der Waals surface area contributed by atoms with E-state index in [9.17, 15) is 4.79 Å². The molecule has 2 atom stereocenters. The van der Waals surface area contributed by atoms with E-state index in [4.69, 9.17) is 10.5 Å². The van der Waals surface area contributed by atoms with Crippen LogP contribution >= 0.6 is 0 Å². The predicted octanol–water partition coefficient (Wildman–Crippen LogP) is 1.24. The minimum atomic E-state index is -0.324. The quantitative estimate of drug-likeness (QED) is 0.875. The molecule has 1 heterocycles. The molecule has 2 N–H and O–H groups in total. The molecular weight excluding hydrogens is 228 g/mol. The molecule has 2 rings (SSSR count). The SMILES string of the molecule is Cc1ccc([C@H](C)N2CCOCC2C(N)=O)cc1. The Bertz CT molecular complexity index is 416. The summed E-state index contributed by atoms with van der Waals surface area (Å²) in [6.07, 6.45) is 0. The molecule has 1 aromatic rings. The van der Waals surface area contributed by atoms with E-state index in [0.717, 1.165) is 6.54 Å². The first kappa shape index (κ1) is 13.1. The maximum absolute atomic E-state index is 11.5. The molecule has 4 nitrogen and oxygen atoms in total. The molecule has 1 aliphatic rings. The number of nitrogens with two attached hydrogens (primary N) is 1. The summed E-state index contributed by atoms with van der Waals surface area (Å²) >= 11 is 0. The van der Waals surface area contributed by atoms with Crippen molar-refractivity contribution in [3.63, 3.8) is 0 Å². The van der Waals surface area contributed by atoms with Gasteiger partial charge in [0.1, 0.15) is 6.04 Å². The van der Waals surface area contributed by atoms with E-state index in [-0.39, 0.29) is 18.0 Å². The van der Waals surface area contributed by atoms with Crippen LogP contribution in [0.25, 0.3) is 0 Å². The van der Waals surface area contributed by atoms with E-state index in [1.807, 2.05) is 0 Å². The number of benzene rings is 1. The van der Waals surface area contributed by atoms with Crippen molar-refractivity contribution in [3.8, 4) is 0 Å². The number of primary amides is 1. The molecule has 0 bridgehead atoms. The van der Waals surface area contributed by atoms with Gasteiger partial charge in [0, 0.05) is 12.6 Å². The molecule has 0 radical (unpaired) electrons. The Morgan fingerprint density at radius 2 is 2.11 bits per heavy atom. The van der Waals surface area contributed by atoms with Crippen molar-refractivity contribution in [2.45, 2.75) is 25.9 Å². The lowest BCUT2D eigenvalue weighted by atomic mass is 10.0. The highest BCUT2D eigenvalue weighted by Gasteiger charge is 2.31. The minimum absolute atomic E-state index is 0.173. The Hall–Kier alpha value is -1.39. The third-order valence-electron chi connectivity index (χ3n) is 3.56. The van der Waals surface area contributed by atoms with Crippen LogP contribution in [0.4, 0.5) is 0 Å². The molecule has 1 aromatic carbocycles. The smallest absolute Gasteiger partial charge is 0.237 e. The fraction of sp³-hybridized carbons (Fsp3) is 0.500. The van der Waals surface area contributed by atoms with Crippen molar-refractivity contribution in [3.05, 3.63) is 35.4 Å². The normalized spacial score (nSPS) is 22.7. The zero-order chi connectivity index (χ0) is 13.1. The Morgan fingerprint density at radius 3 is 2.72 bits per heavy atom. The van der Waals surface area contributed by atoms with Gasteiger partial charge in [-0.25, -0.2) is 0 Å². The third kappa shape index (κ3) is 2.71. The van der Waals surface area contributed by atoms with Gasteiger partial charge in [-0.05, 0) is 19.4 Å². The number of aryl methyl sites for hydroxylation is 1.